The smallest absolute Gasteiger partial charge is 0.336 e. The average molecular weight is 461 g/mol. The predicted molar refractivity (Wildman–Crippen MR) is 119 cm³/mol. The minimum Gasteiger partial charge on any atom is -0.489 e. The van der Waals surface area contributed by atoms with Gasteiger partial charge in [0.25, 0.3) is 17.5 Å². The first-order valence-electron chi connectivity index (χ1n) is 9.95. The molecule has 4 amide bonds. The highest BCUT2D eigenvalue weighted by molar-refractivity contribution is 6.39. The highest BCUT2D eigenvalue weighted by Gasteiger charge is 2.37. The van der Waals surface area contributed by atoms with Crippen LogP contribution >= 0.6 is 0 Å². The molecule has 0 unspecified atom stereocenters. The molecule has 0 saturated carbocycles. The Labute approximate surface area is 192 Å². The lowest BCUT2D eigenvalue weighted by Gasteiger charge is -2.26. The van der Waals surface area contributed by atoms with Crippen molar-refractivity contribution < 1.29 is 28.4 Å². The summed E-state index contributed by atoms with van der Waals surface area (Å²) in [4.78, 5) is 48.1. The lowest BCUT2D eigenvalue weighted by molar-refractivity contribution is -0.384. The SMILES string of the molecule is O=C1NC(=O)N(c2ccccc2F)C(=O)/C1=C\c1ccc(OCc2ccc([N+](=O)[O-])cc2)cc1. The highest BCUT2D eigenvalue weighted by Crippen LogP contribution is 2.25. The Bertz CT molecular complexity index is 1320. The summed E-state index contributed by atoms with van der Waals surface area (Å²) < 4.78 is 19.8. The molecule has 10 heteroatoms. The third-order valence-electron chi connectivity index (χ3n) is 4.94. The number of nitro benzene ring substituents is 1. The molecule has 1 aliphatic heterocycles. The zero-order chi connectivity index (χ0) is 24.2. The van der Waals surface area contributed by atoms with Crippen LogP contribution in [0.2, 0.25) is 0 Å². The van der Waals surface area contributed by atoms with Gasteiger partial charge in [0.15, 0.2) is 0 Å². The minimum atomic E-state index is -1.03. The number of barbiturate groups is 1. The van der Waals surface area contributed by atoms with E-state index in [9.17, 15) is 28.9 Å². The number of hydrogen-bond acceptors (Lipinski definition) is 6. The molecule has 170 valence electrons. The number of urea groups is 1. The third kappa shape index (κ3) is 4.65. The van der Waals surface area contributed by atoms with Gasteiger partial charge in [-0.2, -0.15) is 0 Å². The zero-order valence-electron chi connectivity index (χ0n) is 17.4. The van der Waals surface area contributed by atoms with E-state index in [2.05, 4.69) is 0 Å². The number of carbonyl (C=O) groups excluding carboxylic acids is 3. The number of imide groups is 2. The molecule has 4 rings (SSSR count). The molecule has 1 aliphatic rings. The molecule has 0 spiro atoms. The number of para-hydroxylation sites is 1. The Morgan fingerprint density at radius 1 is 0.971 bits per heavy atom. The highest BCUT2D eigenvalue weighted by atomic mass is 19.1. The summed E-state index contributed by atoms with van der Waals surface area (Å²) in [5.74, 6) is -2.13. The molecule has 9 nitrogen and oxygen atoms in total. The van der Waals surface area contributed by atoms with Crippen molar-refractivity contribution >= 4 is 35.3 Å². The van der Waals surface area contributed by atoms with Gasteiger partial charge in [0.1, 0.15) is 23.7 Å². The Morgan fingerprint density at radius 2 is 1.65 bits per heavy atom. The first kappa shape index (κ1) is 22.3. The Morgan fingerprint density at radius 3 is 2.29 bits per heavy atom. The number of nitro groups is 1. The molecule has 0 aromatic heterocycles. The van der Waals surface area contributed by atoms with Crippen molar-refractivity contribution in [2.45, 2.75) is 6.61 Å². The maximum atomic E-state index is 14.1. The Balaban J connectivity index is 1.49. The van der Waals surface area contributed by atoms with E-state index in [1.165, 1.54) is 36.4 Å². The van der Waals surface area contributed by atoms with Gasteiger partial charge in [-0.05, 0) is 53.6 Å². The normalized spacial score (nSPS) is 14.8. The molecule has 34 heavy (non-hydrogen) atoms. The molecule has 1 fully saturated rings. The monoisotopic (exact) mass is 461 g/mol. The quantitative estimate of drug-likeness (QED) is 0.257. The van der Waals surface area contributed by atoms with E-state index >= 15 is 0 Å². The minimum absolute atomic E-state index is 0.0160. The van der Waals surface area contributed by atoms with Gasteiger partial charge < -0.3 is 4.74 Å². The maximum Gasteiger partial charge on any atom is 0.336 e. The number of ether oxygens (including phenoxy) is 1. The van der Waals surface area contributed by atoms with Gasteiger partial charge in [0, 0.05) is 12.1 Å². The van der Waals surface area contributed by atoms with Crippen LogP contribution in [0.25, 0.3) is 6.08 Å². The summed E-state index contributed by atoms with van der Waals surface area (Å²) in [7, 11) is 0. The molecule has 3 aromatic carbocycles. The van der Waals surface area contributed by atoms with Crippen molar-refractivity contribution in [2.24, 2.45) is 0 Å². The largest absolute Gasteiger partial charge is 0.489 e. The van der Waals surface area contributed by atoms with E-state index in [4.69, 9.17) is 4.74 Å². The average Bonchev–Trinajstić information content (AvgIpc) is 2.82. The number of carbonyl (C=O) groups is 3. The molecule has 3 aromatic rings. The van der Waals surface area contributed by atoms with Gasteiger partial charge in [-0.25, -0.2) is 14.1 Å². The maximum absolute atomic E-state index is 14.1. The Hall–Kier alpha value is -4.86. The van der Waals surface area contributed by atoms with Crippen molar-refractivity contribution in [3.8, 4) is 5.75 Å². The van der Waals surface area contributed by atoms with Gasteiger partial charge in [-0.3, -0.25) is 25.0 Å². The predicted octanol–water partition coefficient (Wildman–Crippen LogP) is 3.98. The number of anilines is 1. The van der Waals surface area contributed by atoms with Gasteiger partial charge in [-0.15, -0.1) is 0 Å². The van der Waals surface area contributed by atoms with E-state index in [1.54, 1.807) is 36.4 Å². The lowest BCUT2D eigenvalue weighted by Crippen LogP contribution is -2.54. The van der Waals surface area contributed by atoms with Crippen LogP contribution in [0.4, 0.5) is 20.6 Å². The second-order valence-electron chi connectivity index (χ2n) is 7.19. The zero-order valence-corrected chi connectivity index (χ0v) is 17.4. The van der Waals surface area contributed by atoms with Crippen molar-refractivity contribution in [1.29, 1.82) is 0 Å². The van der Waals surface area contributed by atoms with Gasteiger partial charge >= 0.3 is 6.03 Å². The molecule has 1 N–H and O–H groups in total. The molecule has 1 heterocycles. The summed E-state index contributed by atoms with van der Waals surface area (Å²) >= 11 is 0. The number of non-ortho nitro benzene ring substituents is 1. The van der Waals surface area contributed by atoms with Crippen LogP contribution in [0, 0.1) is 15.9 Å². The second-order valence-corrected chi connectivity index (χ2v) is 7.19. The van der Waals surface area contributed by atoms with Crippen LogP contribution < -0.4 is 15.0 Å². The van der Waals surface area contributed by atoms with E-state index in [1.807, 2.05) is 5.32 Å². The number of amides is 4. The molecular weight excluding hydrogens is 445 g/mol. The van der Waals surface area contributed by atoms with Crippen LogP contribution in [0.3, 0.4) is 0 Å². The first-order chi connectivity index (χ1) is 16.3. The fraction of sp³-hybridized carbons (Fsp3) is 0.0417. The first-order valence-corrected chi connectivity index (χ1v) is 9.95. The van der Waals surface area contributed by atoms with Crippen molar-refractivity contribution in [3.05, 3.63) is 105 Å². The molecule has 0 radical (unpaired) electrons. The van der Waals surface area contributed by atoms with Gasteiger partial charge in [0.05, 0.1) is 10.6 Å². The van der Waals surface area contributed by atoms with Crippen LogP contribution in [0.15, 0.2) is 78.4 Å². The van der Waals surface area contributed by atoms with Gasteiger partial charge in [-0.1, -0.05) is 24.3 Å². The topological polar surface area (TPSA) is 119 Å². The fourth-order valence-corrected chi connectivity index (χ4v) is 3.22. The summed E-state index contributed by atoms with van der Waals surface area (Å²) in [5.41, 5.74) is 0.599. The summed E-state index contributed by atoms with van der Waals surface area (Å²) in [6.45, 7) is 0.180. The Kier molecular flexibility index (Phi) is 6.13. The standard InChI is InChI=1S/C24H16FN3O6/c25-20-3-1-2-4-21(20)27-23(30)19(22(29)26-24(27)31)13-15-7-11-18(12-8-15)34-14-16-5-9-17(10-6-16)28(32)33/h1-13H,14H2,(H,26,29,31)/b19-13-. The molecule has 0 aliphatic carbocycles. The van der Waals surface area contributed by atoms with E-state index in [0.717, 1.165) is 11.6 Å². The van der Waals surface area contributed by atoms with Crippen LogP contribution in [-0.2, 0) is 16.2 Å². The molecule has 0 atom stereocenters. The van der Waals surface area contributed by atoms with E-state index in [0.29, 0.717) is 16.2 Å². The number of nitrogens with one attached hydrogen (secondary N) is 1. The summed E-state index contributed by atoms with van der Waals surface area (Å²) in [6.07, 6.45) is 1.29. The van der Waals surface area contributed by atoms with Crippen LogP contribution in [-0.4, -0.2) is 22.8 Å². The van der Waals surface area contributed by atoms with Crippen molar-refractivity contribution in [3.63, 3.8) is 0 Å². The molecule has 1 saturated heterocycles. The van der Waals surface area contributed by atoms with Gasteiger partial charge in [0.2, 0.25) is 0 Å². The second kappa shape index (κ2) is 9.33. The summed E-state index contributed by atoms with van der Waals surface area (Å²) in [5, 5.41) is 12.8. The van der Waals surface area contributed by atoms with Crippen LogP contribution in [0.5, 0.6) is 5.75 Å². The molecular formula is C24H16FN3O6. The van der Waals surface area contributed by atoms with Crippen LogP contribution in [0.1, 0.15) is 11.1 Å². The third-order valence-corrected chi connectivity index (χ3v) is 4.94. The number of nitrogens with zero attached hydrogens (tertiary/aromatic N) is 2. The number of hydrogen-bond donors (Lipinski definition) is 1. The number of halogens is 1. The van der Waals surface area contributed by atoms with E-state index in [-0.39, 0.29) is 23.6 Å². The summed E-state index contributed by atoms with van der Waals surface area (Å²) in [6, 6.07) is 16.6. The number of rotatable bonds is 6. The lowest BCUT2D eigenvalue weighted by atomic mass is 10.1. The van der Waals surface area contributed by atoms with E-state index < -0.39 is 28.6 Å². The molecule has 0 bridgehead atoms. The fourth-order valence-electron chi connectivity index (χ4n) is 3.22. The van der Waals surface area contributed by atoms with Crippen molar-refractivity contribution in [1.82, 2.24) is 5.32 Å². The number of benzene rings is 3. The van der Waals surface area contributed by atoms with Crippen molar-refractivity contribution in [2.75, 3.05) is 4.90 Å².